The fraction of sp³-hybridized carbons (Fsp3) is 0.524. The van der Waals surface area contributed by atoms with Crippen LogP contribution in [0.2, 0.25) is 0 Å². The number of nitriles is 1. The number of carbonyl (C=O) groups is 1. The maximum atomic E-state index is 13.1. The molecule has 4 rings (SSSR count). The predicted molar refractivity (Wildman–Crippen MR) is 111 cm³/mol. The van der Waals surface area contributed by atoms with Gasteiger partial charge in [0.25, 0.3) is 5.56 Å². The number of ether oxygens (including phenoxy) is 1. The molecule has 2 aromatic rings. The van der Waals surface area contributed by atoms with Crippen LogP contribution in [0.3, 0.4) is 0 Å². The molecule has 29 heavy (non-hydrogen) atoms. The highest BCUT2D eigenvalue weighted by molar-refractivity contribution is 7.99. The van der Waals surface area contributed by atoms with Crippen molar-refractivity contribution in [2.75, 3.05) is 12.4 Å². The first-order valence-electron chi connectivity index (χ1n) is 9.96. The molecule has 1 aromatic carbocycles. The first kappa shape index (κ1) is 19.9. The summed E-state index contributed by atoms with van der Waals surface area (Å²) in [6, 6.07) is 9.47. The fourth-order valence-corrected chi connectivity index (χ4v) is 4.56. The van der Waals surface area contributed by atoms with Crippen LogP contribution >= 0.6 is 11.8 Å². The van der Waals surface area contributed by atoms with Crippen LogP contribution in [0.1, 0.15) is 32.6 Å². The maximum Gasteiger partial charge on any atom is 0.262 e. The van der Waals surface area contributed by atoms with E-state index in [0.717, 1.165) is 25.7 Å². The summed E-state index contributed by atoms with van der Waals surface area (Å²) in [6.45, 7) is 2.91. The number of nitrogens with zero attached hydrogens (tertiary/aromatic N) is 3. The van der Waals surface area contributed by atoms with Crippen molar-refractivity contribution in [3.05, 3.63) is 34.6 Å². The van der Waals surface area contributed by atoms with Gasteiger partial charge < -0.3 is 10.1 Å². The van der Waals surface area contributed by atoms with Crippen LogP contribution in [0.4, 0.5) is 0 Å². The molecule has 0 spiro atoms. The smallest absolute Gasteiger partial charge is 0.262 e. The van der Waals surface area contributed by atoms with Crippen molar-refractivity contribution in [1.29, 1.82) is 5.26 Å². The SMILES string of the molecule is C[C@](C#N)(NC(=O)CSc1nc2ccccc2c(=O)n1C[C@H]1CCCO1)C1CC1. The van der Waals surface area contributed by atoms with Gasteiger partial charge in [-0.05, 0) is 50.7 Å². The first-order chi connectivity index (χ1) is 14.0. The lowest BCUT2D eigenvalue weighted by atomic mass is 9.98. The third-order valence-corrected chi connectivity index (χ3v) is 6.57. The van der Waals surface area contributed by atoms with Crippen molar-refractivity contribution in [3.63, 3.8) is 0 Å². The number of amides is 1. The second-order valence-corrected chi connectivity index (χ2v) is 8.83. The van der Waals surface area contributed by atoms with E-state index in [1.807, 2.05) is 12.1 Å². The largest absolute Gasteiger partial charge is 0.376 e. The van der Waals surface area contributed by atoms with Gasteiger partial charge in [0.2, 0.25) is 5.91 Å². The number of rotatable bonds is 7. The zero-order chi connectivity index (χ0) is 20.4. The maximum absolute atomic E-state index is 13.1. The Morgan fingerprint density at radius 3 is 2.90 bits per heavy atom. The van der Waals surface area contributed by atoms with Gasteiger partial charge in [-0.2, -0.15) is 5.26 Å². The van der Waals surface area contributed by atoms with Crippen molar-refractivity contribution < 1.29 is 9.53 Å². The number of para-hydroxylation sites is 1. The molecule has 1 aromatic heterocycles. The highest BCUT2D eigenvalue weighted by Gasteiger charge is 2.43. The van der Waals surface area contributed by atoms with Crippen molar-refractivity contribution in [2.24, 2.45) is 5.92 Å². The minimum atomic E-state index is -0.828. The Hall–Kier alpha value is -2.37. The molecule has 1 saturated heterocycles. The van der Waals surface area contributed by atoms with Crippen LogP contribution < -0.4 is 10.9 Å². The average molecular weight is 413 g/mol. The van der Waals surface area contributed by atoms with E-state index < -0.39 is 5.54 Å². The molecule has 0 unspecified atom stereocenters. The minimum Gasteiger partial charge on any atom is -0.376 e. The van der Waals surface area contributed by atoms with Crippen LogP contribution in [-0.4, -0.2) is 39.5 Å². The lowest BCUT2D eigenvalue weighted by molar-refractivity contribution is -0.119. The van der Waals surface area contributed by atoms with E-state index in [0.29, 0.717) is 29.2 Å². The summed E-state index contributed by atoms with van der Waals surface area (Å²) in [5.74, 6) is 0.0929. The quantitative estimate of drug-likeness (QED) is 0.554. The number of hydrogen-bond donors (Lipinski definition) is 1. The first-order valence-corrected chi connectivity index (χ1v) is 10.9. The number of aromatic nitrogens is 2. The summed E-state index contributed by atoms with van der Waals surface area (Å²) in [5, 5.41) is 13.4. The van der Waals surface area contributed by atoms with Gasteiger partial charge in [-0.15, -0.1) is 0 Å². The highest BCUT2D eigenvalue weighted by Crippen LogP contribution is 2.39. The van der Waals surface area contributed by atoms with Gasteiger partial charge in [0.05, 0.1) is 35.4 Å². The zero-order valence-electron chi connectivity index (χ0n) is 16.4. The third-order valence-electron chi connectivity index (χ3n) is 5.59. The van der Waals surface area contributed by atoms with Gasteiger partial charge in [0.15, 0.2) is 5.16 Å². The lowest BCUT2D eigenvalue weighted by Gasteiger charge is -2.23. The Morgan fingerprint density at radius 1 is 1.41 bits per heavy atom. The van der Waals surface area contributed by atoms with Gasteiger partial charge in [-0.1, -0.05) is 23.9 Å². The van der Waals surface area contributed by atoms with E-state index in [1.54, 1.807) is 23.6 Å². The monoisotopic (exact) mass is 412 g/mol. The predicted octanol–water partition coefficient (Wildman–Crippen LogP) is 2.48. The van der Waals surface area contributed by atoms with E-state index in [1.165, 1.54) is 11.8 Å². The summed E-state index contributed by atoms with van der Waals surface area (Å²) in [4.78, 5) is 30.2. The minimum absolute atomic E-state index is 0.0133. The molecular formula is C21H24N4O3S. The number of carbonyl (C=O) groups excluding carboxylic acids is 1. The molecule has 152 valence electrons. The normalized spacial score (nSPS) is 20.9. The molecule has 2 fully saturated rings. The van der Waals surface area contributed by atoms with Gasteiger partial charge >= 0.3 is 0 Å². The van der Waals surface area contributed by atoms with E-state index >= 15 is 0 Å². The number of hydrogen-bond acceptors (Lipinski definition) is 6. The second-order valence-electron chi connectivity index (χ2n) is 7.89. The Balaban J connectivity index is 1.56. The molecule has 0 bridgehead atoms. The molecule has 2 atom stereocenters. The topological polar surface area (TPSA) is 97.0 Å². The number of benzene rings is 1. The molecular weight excluding hydrogens is 388 g/mol. The zero-order valence-corrected chi connectivity index (χ0v) is 17.2. The molecule has 0 radical (unpaired) electrons. The van der Waals surface area contributed by atoms with Crippen molar-refractivity contribution in [1.82, 2.24) is 14.9 Å². The van der Waals surface area contributed by atoms with Crippen LogP contribution in [0.15, 0.2) is 34.2 Å². The molecule has 8 heteroatoms. The van der Waals surface area contributed by atoms with Crippen LogP contribution in [0.5, 0.6) is 0 Å². The van der Waals surface area contributed by atoms with E-state index in [9.17, 15) is 14.9 Å². The standard InChI is InChI=1S/C21H24N4O3S/c1-21(13-22,14-8-9-14)24-18(26)12-29-20-23-17-7-3-2-6-16(17)19(27)25(20)11-15-5-4-10-28-15/h2-3,6-7,14-15H,4-5,8-12H2,1H3,(H,24,26)/t15-,21-/m1/s1. The van der Waals surface area contributed by atoms with Crippen LogP contribution in [-0.2, 0) is 16.1 Å². The third kappa shape index (κ3) is 4.31. The molecule has 1 saturated carbocycles. The molecule has 1 amide bonds. The Bertz CT molecular complexity index is 1020. The number of nitrogens with one attached hydrogen (secondary N) is 1. The molecule has 1 aliphatic carbocycles. The summed E-state index contributed by atoms with van der Waals surface area (Å²) < 4.78 is 7.33. The second kappa shape index (κ2) is 8.17. The fourth-order valence-electron chi connectivity index (χ4n) is 3.75. The summed E-state index contributed by atoms with van der Waals surface area (Å²) in [6.07, 6.45) is 3.81. The lowest BCUT2D eigenvalue weighted by Crippen LogP contribution is -2.47. The number of thioether (sulfide) groups is 1. The molecule has 2 heterocycles. The van der Waals surface area contributed by atoms with Crippen molar-refractivity contribution in [2.45, 2.75) is 56.0 Å². The number of fused-ring (bicyclic) bond motifs is 1. The molecule has 1 aliphatic heterocycles. The molecule has 2 aliphatic rings. The van der Waals surface area contributed by atoms with E-state index in [2.05, 4.69) is 16.4 Å². The Kier molecular flexibility index (Phi) is 5.61. The Labute approximate surface area is 173 Å². The van der Waals surface area contributed by atoms with Crippen LogP contribution in [0.25, 0.3) is 10.9 Å². The Morgan fingerprint density at radius 2 is 2.21 bits per heavy atom. The van der Waals surface area contributed by atoms with Crippen molar-refractivity contribution in [3.8, 4) is 6.07 Å². The average Bonchev–Trinajstić information content (AvgIpc) is 3.47. The molecule has 1 N–H and O–H groups in total. The van der Waals surface area contributed by atoms with Gasteiger partial charge in [-0.25, -0.2) is 4.98 Å². The van der Waals surface area contributed by atoms with Crippen LogP contribution in [0, 0.1) is 17.2 Å². The van der Waals surface area contributed by atoms with Gasteiger partial charge in [0, 0.05) is 6.61 Å². The summed E-state index contributed by atoms with van der Waals surface area (Å²) in [5.41, 5.74) is -0.330. The van der Waals surface area contributed by atoms with E-state index in [-0.39, 0.29) is 29.2 Å². The highest BCUT2D eigenvalue weighted by atomic mass is 32.2. The summed E-state index contributed by atoms with van der Waals surface area (Å²) in [7, 11) is 0. The van der Waals surface area contributed by atoms with E-state index in [4.69, 9.17) is 4.74 Å². The summed E-state index contributed by atoms with van der Waals surface area (Å²) >= 11 is 1.23. The van der Waals surface area contributed by atoms with Gasteiger partial charge in [0.1, 0.15) is 5.54 Å². The van der Waals surface area contributed by atoms with Gasteiger partial charge in [-0.3, -0.25) is 14.2 Å². The van der Waals surface area contributed by atoms with Crippen molar-refractivity contribution >= 4 is 28.6 Å². The molecule has 7 nitrogen and oxygen atoms in total.